The third-order valence-electron chi connectivity index (χ3n) is 3.15. The molecule has 1 saturated heterocycles. The molecule has 1 aromatic heterocycles. The summed E-state index contributed by atoms with van der Waals surface area (Å²) < 4.78 is 2.97. The average Bonchev–Trinajstić information content (AvgIpc) is 3.02. The van der Waals surface area contributed by atoms with E-state index in [0.29, 0.717) is 4.91 Å². The zero-order valence-corrected chi connectivity index (χ0v) is 13.5. The molecule has 0 spiro atoms. The molecule has 0 N–H and O–H groups in total. The number of hydrogen-bond acceptors (Lipinski definition) is 3. The van der Waals surface area contributed by atoms with E-state index in [-0.39, 0.29) is 11.1 Å². The van der Waals surface area contributed by atoms with E-state index < -0.39 is 0 Å². The van der Waals surface area contributed by atoms with Gasteiger partial charge in [-0.2, -0.15) is 0 Å². The molecular weight excluding hydrogens is 352 g/mol. The first-order chi connectivity index (χ1) is 10.1. The molecule has 0 bridgehead atoms. The van der Waals surface area contributed by atoms with Crippen molar-refractivity contribution in [3.63, 3.8) is 0 Å². The minimum Gasteiger partial charge on any atom is -0.317 e. The molecule has 3 rings (SSSR count). The Morgan fingerprint density at radius 2 is 1.86 bits per heavy atom. The number of likely N-dealkylation sites (N-methyl/N-ethyl adjacent to an activating group) is 1. The van der Waals surface area contributed by atoms with Gasteiger partial charge >= 0.3 is 0 Å². The van der Waals surface area contributed by atoms with Crippen molar-refractivity contribution in [3.8, 4) is 5.69 Å². The molecule has 4 nitrogen and oxygen atoms in total. The Bertz CT molecular complexity index is 749. The van der Waals surface area contributed by atoms with Crippen LogP contribution in [-0.4, -0.2) is 27.7 Å². The van der Waals surface area contributed by atoms with E-state index in [2.05, 4.69) is 15.9 Å². The van der Waals surface area contributed by atoms with E-state index in [1.165, 1.54) is 7.05 Å². The number of halogens is 1. The van der Waals surface area contributed by atoms with E-state index in [4.69, 9.17) is 0 Å². The molecule has 0 unspecified atom stereocenters. The highest BCUT2D eigenvalue weighted by Crippen LogP contribution is 2.31. The number of hydrogen-bond donors (Lipinski definition) is 0. The van der Waals surface area contributed by atoms with Gasteiger partial charge in [0.25, 0.3) is 11.1 Å². The third-order valence-corrected chi connectivity index (χ3v) is 4.64. The van der Waals surface area contributed by atoms with Gasteiger partial charge in [-0.05, 0) is 54.2 Å². The molecule has 6 heteroatoms. The Kier molecular flexibility index (Phi) is 3.73. The summed E-state index contributed by atoms with van der Waals surface area (Å²) in [5.74, 6) is -0.256. The van der Waals surface area contributed by atoms with Crippen LogP contribution in [0.4, 0.5) is 4.79 Å². The van der Waals surface area contributed by atoms with Crippen LogP contribution in [-0.2, 0) is 4.79 Å². The molecule has 1 aliphatic rings. The standard InChI is InChI=1S/C15H11BrN2O2S/c1-17-14(19)13(21-15(17)20)9-12-3-2-8-18(12)11-6-4-10(16)5-7-11/h2-9H,1H3/b13-9+. The molecule has 106 valence electrons. The smallest absolute Gasteiger partial charge is 0.293 e. The molecule has 1 aliphatic heterocycles. The van der Waals surface area contributed by atoms with Crippen LogP contribution in [0.3, 0.4) is 0 Å². The van der Waals surface area contributed by atoms with Crippen LogP contribution in [0, 0.1) is 0 Å². The van der Waals surface area contributed by atoms with Crippen molar-refractivity contribution < 1.29 is 9.59 Å². The van der Waals surface area contributed by atoms with Gasteiger partial charge in [-0.15, -0.1) is 0 Å². The van der Waals surface area contributed by atoms with Crippen LogP contribution in [0.5, 0.6) is 0 Å². The molecule has 0 atom stereocenters. The number of thioether (sulfide) groups is 1. The minimum absolute atomic E-state index is 0.243. The maximum Gasteiger partial charge on any atom is 0.293 e. The van der Waals surface area contributed by atoms with Gasteiger partial charge in [0.05, 0.1) is 4.91 Å². The number of aromatic nitrogens is 1. The maximum absolute atomic E-state index is 11.9. The lowest BCUT2D eigenvalue weighted by Crippen LogP contribution is -2.22. The van der Waals surface area contributed by atoms with Crippen LogP contribution >= 0.6 is 27.7 Å². The SMILES string of the molecule is CN1C(=O)S/C(=C/c2cccn2-c2ccc(Br)cc2)C1=O. The fourth-order valence-corrected chi connectivity index (χ4v) is 3.10. The summed E-state index contributed by atoms with van der Waals surface area (Å²) in [4.78, 5) is 25.0. The van der Waals surface area contributed by atoms with Crippen LogP contribution in [0.15, 0.2) is 52.0 Å². The van der Waals surface area contributed by atoms with Crippen LogP contribution in [0.2, 0.25) is 0 Å². The first kappa shape index (κ1) is 14.2. The second kappa shape index (κ2) is 5.54. The highest BCUT2D eigenvalue weighted by molar-refractivity contribution is 9.10. The van der Waals surface area contributed by atoms with Gasteiger partial charge in [-0.3, -0.25) is 14.5 Å². The maximum atomic E-state index is 11.9. The predicted molar refractivity (Wildman–Crippen MR) is 87.2 cm³/mol. The number of carbonyl (C=O) groups is 2. The predicted octanol–water partition coefficient (Wildman–Crippen LogP) is 3.91. The molecular formula is C15H11BrN2O2S. The highest BCUT2D eigenvalue weighted by atomic mass is 79.9. The number of nitrogens with zero attached hydrogens (tertiary/aromatic N) is 2. The van der Waals surface area contributed by atoms with Crippen molar-refractivity contribution in [1.29, 1.82) is 0 Å². The summed E-state index contributed by atoms with van der Waals surface area (Å²) in [5, 5.41) is -0.243. The normalized spacial score (nSPS) is 17.0. The lowest BCUT2D eigenvalue weighted by Gasteiger charge is -2.07. The second-order valence-electron chi connectivity index (χ2n) is 4.52. The average molecular weight is 363 g/mol. The molecule has 1 aromatic carbocycles. The Balaban J connectivity index is 1.99. The van der Waals surface area contributed by atoms with E-state index in [9.17, 15) is 9.59 Å². The summed E-state index contributed by atoms with van der Waals surface area (Å²) >= 11 is 4.37. The van der Waals surface area contributed by atoms with Crippen LogP contribution < -0.4 is 0 Å². The third kappa shape index (κ3) is 2.69. The topological polar surface area (TPSA) is 42.3 Å². The Morgan fingerprint density at radius 1 is 1.14 bits per heavy atom. The summed E-state index contributed by atoms with van der Waals surface area (Å²) in [6, 6.07) is 11.7. The van der Waals surface area contributed by atoms with Crippen LogP contribution in [0.1, 0.15) is 5.69 Å². The van der Waals surface area contributed by atoms with Crippen LogP contribution in [0.25, 0.3) is 11.8 Å². The van der Waals surface area contributed by atoms with Gasteiger partial charge in [0.1, 0.15) is 0 Å². The minimum atomic E-state index is -0.256. The number of rotatable bonds is 2. The first-order valence-electron chi connectivity index (χ1n) is 6.21. The molecule has 21 heavy (non-hydrogen) atoms. The highest BCUT2D eigenvalue weighted by Gasteiger charge is 2.31. The monoisotopic (exact) mass is 362 g/mol. The van der Waals surface area contributed by atoms with Crippen molar-refractivity contribution in [3.05, 3.63) is 57.7 Å². The quantitative estimate of drug-likeness (QED) is 0.760. The molecule has 0 saturated carbocycles. The molecule has 0 aliphatic carbocycles. The van der Waals surface area contributed by atoms with Crippen molar-refractivity contribution in [2.45, 2.75) is 0 Å². The summed E-state index contributed by atoms with van der Waals surface area (Å²) in [6.07, 6.45) is 3.67. The zero-order chi connectivity index (χ0) is 15.0. The van der Waals surface area contributed by atoms with Gasteiger partial charge in [0.2, 0.25) is 0 Å². The largest absolute Gasteiger partial charge is 0.317 e. The molecule has 2 heterocycles. The fourth-order valence-electron chi connectivity index (χ4n) is 2.03. The van der Waals surface area contributed by atoms with Crippen molar-refractivity contribution in [2.24, 2.45) is 0 Å². The Morgan fingerprint density at radius 3 is 2.48 bits per heavy atom. The number of amides is 2. The van der Waals surface area contributed by atoms with E-state index in [1.807, 2.05) is 47.2 Å². The van der Waals surface area contributed by atoms with Crippen molar-refractivity contribution in [2.75, 3.05) is 7.05 Å². The zero-order valence-electron chi connectivity index (χ0n) is 11.1. The van der Waals surface area contributed by atoms with Crippen molar-refractivity contribution in [1.82, 2.24) is 9.47 Å². The number of imide groups is 1. The molecule has 0 radical (unpaired) electrons. The summed E-state index contributed by atoms with van der Waals surface area (Å²) in [7, 11) is 1.49. The number of carbonyl (C=O) groups excluding carboxylic acids is 2. The van der Waals surface area contributed by atoms with Gasteiger partial charge in [-0.25, -0.2) is 0 Å². The fraction of sp³-hybridized carbons (Fsp3) is 0.0667. The Labute approximate surface area is 134 Å². The molecule has 2 aromatic rings. The molecule has 1 fully saturated rings. The first-order valence-corrected chi connectivity index (χ1v) is 7.82. The van der Waals surface area contributed by atoms with Gasteiger partial charge in [-0.1, -0.05) is 15.9 Å². The second-order valence-corrected chi connectivity index (χ2v) is 6.43. The van der Waals surface area contributed by atoms with E-state index in [0.717, 1.165) is 32.5 Å². The molecule has 2 amide bonds. The lowest BCUT2D eigenvalue weighted by atomic mass is 10.3. The van der Waals surface area contributed by atoms with E-state index >= 15 is 0 Å². The Hall–Kier alpha value is -1.79. The van der Waals surface area contributed by atoms with Gasteiger partial charge < -0.3 is 4.57 Å². The lowest BCUT2D eigenvalue weighted by molar-refractivity contribution is -0.121. The number of benzene rings is 1. The van der Waals surface area contributed by atoms with Gasteiger partial charge in [0, 0.05) is 29.1 Å². The van der Waals surface area contributed by atoms with Crippen molar-refractivity contribution >= 4 is 44.9 Å². The van der Waals surface area contributed by atoms with Gasteiger partial charge in [0.15, 0.2) is 0 Å². The summed E-state index contributed by atoms with van der Waals surface area (Å²) in [5.41, 5.74) is 1.85. The van der Waals surface area contributed by atoms with E-state index in [1.54, 1.807) is 6.08 Å². The summed E-state index contributed by atoms with van der Waals surface area (Å²) in [6.45, 7) is 0.